The number of aryl methyl sites for hydroxylation is 2. The van der Waals surface area contributed by atoms with Gasteiger partial charge in [-0.1, -0.05) is 6.42 Å². The molecule has 0 spiro atoms. The number of hydrogen-bond acceptors (Lipinski definition) is 4. The first-order valence-corrected chi connectivity index (χ1v) is 5.71. The van der Waals surface area contributed by atoms with Crippen molar-refractivity contribution in [3.8, 4) is 0 Å². The van der Waals surface area contributed by atoms with Gasteiger partial charge >= 0.3 is 0 Å². The molecule has 2 aromatic rings. The second-order valence-corrected chi connectivity index (χ2v) is 4.45. The summed E-state index contributed by atoms with van der Waals surface area (Å²) in [6, 6.07) is 0. The quantitative estimate of drug-likeness (QED) is 0.731. The number of nitrogens with zero attached hydrogens (tertiary/aromatic N) is 4. The Bertz CT molecular complexity index is 546. The monoisotopic (exact) mass is 214 g/mol. The summed E-state index contributed by atoms with van der Waals surface area (Å²) in [6.45, 7) is 3.95. The maximum absolute atomic E-state index is 4.59. The van der Waals surface area contributed by atoms with E-state index in [2.05, 4.69) is 19.9 Å². The normalized spacial score (nSPS) is 16.4. The molecule has 0 atom stereocenters. The van der Waals surface area contributed by atoms with Gasteiger partial charge in [-0.2, -0.15) is 0 Å². The second kappa shape index (κ2) is 3.47. The average molecular weight is 214 g/mol. The smallest absolute Gasteiger partial charge is 0.181 e. The Kier molecular flexibility index (Phi) is 2.09. The molecule has 0 saturated heterocycles. The van der Waals surface area contributed by atoms with E-state index < -0.39 is 0 Å². The van der Waals surface area contributed by atoms with Gasteiger partial charge in [-0.15, -0.1) is 0 Å². The zero-order chi connectivity index (χ0) is 11.1. The molecule has 4 nitrogen and oxygen atoms in total. The van der Waals surface area contributed by atoms with Crippen LogP contribution in [0.1, 0.15) is 42.3 Å². The van der Waals surface area contributed by atoms with Gasteiger partial charge in [-0.05, 0) is 26.7 Å². The Morgan fingerprint density at radius 3 is 2.50 bits per heavy atom. The lowest BCUT2D eigenvalue weighted by Gasteiger charge is -2.25. The van der Waals surface area contributed by atoms with Gasteiger partial charge in [0.1, 0.15) is 11.8 Å². The van der Waals surface area contributed by atoms with Crippen molar-refractivity contribution in [2.45, 2.75) is 39.0 Å². The van der Waals surface area contributed by atoms with Crippen LogP contribution >= 0.6 is 0 Å². The first-order chi connectivity index (χ1) is 7.75. The van der Waals surface area contributed by atoms with Crippen LogP contribution in [0.2, 0.25) is 0 Å². The predicted octanol–water partition coefficient (Wildman–Crippen LogP) is 2.30. The highest BCUT2D eigenvalue weighted by atomic mass is 15.0. The van der Waals surface area contributed by atoms with E-state index >= 15 is 0 Å². The van der Waals surface area contributed by atoms with Crippen molar-refractivity contribution in [2.75, 3.05) is 0 Å². The molecule has 1 aliphatic rings. The summed E-state index contributed by atoms with van der Waals surface area (Å²) in [5.41, 5.74) is 4.65. The molecular weight excluding hydrogens is 200 g/mol. The van der Waals surface area contributed by atoms with Crippen LogP contribution in [0, 0.1) is 13.8 Å². The van der Waals surface area contributed by atoms with Gasteiger partial charge in [0.25, 0.3) is 0 Å². The highest BCUT2D eigenvalue weighted by molar-refractivity contribution is 5.73. The minimum atomic E-state index is 0.571. The minimum Gasteiger partial charge on any atom is -0.246 e. The molecule has 4 heteroatoms. The molecule has 0 amide bonds. The molecule has 82 valence electrons. The minimum absolute atomic E-state index is 0.571. The van der Waals surface area contributed by atoms with Gasteiger partial charge in [0.15, 0.2) is 5.65 Å². The summed E-state index contributed by atoms with van der Waals surface area (Å²) >= 11 is 0. The number of hydrogen-bond donors (Lipinski definition) is 0. The van der Waals surface area contributed by atoms with Gasteiger partial charge in [-0.3, -0.25) is 0 Å². The summed E-state index contributed by atoms with van der Waals surface area (Å²) in [6.07, 6.45) is 5.36. The van der Waals surface area contributed by atoms with Crippen LogP contribution in [0.25, 0.3) is 11.2 Å². The van der Waals surface area contributed by atoms with Gasteiger partial charge in [0, 0.05) is 5.92 Å². The van der Waals surface area contributed by atoms with E-state index in [1.54, 1.807) is 6.33 Å². The average Bonchev–Trinajstić information content (AvgIpc) is 2.18. The number of rotatable bonds is 1. The molecule has 0 N–H and O–H groups in total. The molecule has 0 aromatic carbocycles. The molecule has 0 bridgehead atoms. The number of fused-ring (bicyclic) bond motifs is 1. The van der Waals surface area contributed by atoms with Crippen molar-refractivity contribution in [1.82, 2.24) is 19.9 Å². The third-order valence-corrected chi connectivity index (χ3v) is 3.40. The van der Waals surface area contributed by atoms with Crippen LogP contribution in [-0.4, -0.2) is 19.9 Å². The Hall–Kier alpha value is -1.58. The van der Waals surface area contributed by atoms with Gasteiger partial charge < -0.3 is 0 Å². The summed E-state index contributed by atoms with van der Waals surface area (Å²) in [5.74, 6) is 0.571. The molecule has 16 heavy (non-hydrogen) atoms. The summed E-state index contributed by atoms with van der Waals surface area (Å²) in [7, 11) is 0. The third-order valence-electron chi connectivity index (χ3n) is 3.40. The zero-order valence-corrected chi connectivity index (χ0v) is 9.56. The molecular formula is C12H14N4. The maximum atomic E-state index is 4.59. The molecule has 1 saturated carbocycles. The summed E-state index contributed by atoms with van der Waals surface area (Å²) in [5, 5.41) is 0. The lowest BCUT2D eigenvalue weighted by molar-refractivity contribution is 0.413. The Labute approximate surface area is 94.2 Å². The van der Waals surface area contributed by atoms with Crippen molar-refractivity contribution in [3.05, 3.63) is 23.4 Å². The van der Waals surface area contributed by atoms with Crippen LogP contribution in [0.3, 0.4) is 0 Å². The SMILES string of the molecule is Cc1nc2ncnc(C3CCC3)c2nc1C. The van der Waals surface area contributed by atoms with E-state index in [-0.39, 0.29) is 0 Å². The molecule has 1 fully saturated rings. The van der Waals surface area contributed by atoms with Gasteiger partial charge in [0.05, 0.1) is 17.1 Å². The van der Waals surface area contributed by atoms with Crippen LogP contribution < -0.4 is 0 Å². The molecule has 3 rings (SSSR count). The molecule has 2 aromatic heterocycles. The lowest BCUT2D eigenvalue weighted by atomic mass is 9.82. The van der Waals surface area contributed by atoms with Crippen molar-refractivity contribution in [1.29, 1.82) is 0 Å². The number of aromatic nitrogens is 4. The summed E-state index contributed by atoms with van der Waals surface area (Å²) in [4.78, 5) is 17.6. The van der Waals surface area contributed by atoms with Crippen LogP contribution in [-0.2, 0) is 0 Å². The largest absolute Gasteiger partial charge is 0.246 e. The van der Waals surface area contributed by atoms with Gasteiger partial charge in [-0.25, -0.2) is 19.9 Å². The van der Waals surface area contributed by atoms with Crippen molar-refractivity contribution in [2.24, 2.45) is 0 Å². The maximum Gasteiger partial charge on any atom is 0.181 e. The highest BCUT2D eigenvalue weighted by Crippen LogP contribution is 2.37. The van der Waals surface area contributed by atoms with E-state index in [1.807, 2.05) is 13.8 Å². The zero-order valence-electron chi connectivity index (χ0n) is 9.56. The van der Waals surface area contributed by atoms with E-state index in [9.17, 15) is 0 Å². The Morgan fingerprint density at radius 1 is 1.06 bits per heavy atom. The molecule has 0 radical (unpaired) electrons. The Morgan fingerprint density at radius 2 is 1.81 bits per heavy atom. The second-order valence-electron chi connectivity index (χ2n) is 4.45. The topological polar surface area (TPSA) is 51.6 Å². The van der Waals surface area contributed by atoms with Gasteiger partial charge in [0.2, 0.25) is 0 Å². The molecule has 1 aliphatic carbocycles. The van der Waals surface area contributed by atoms with E-state index in [0.29, 0.717) is 5.92 Å². The first kappa shape index (κ1) is 9.63. The van der Waals surface area contributed by atoms with E-state index in [4.69, 9.17) is 0 Å². The predicted molar refractivity (Wildman–Crippen MR) is 61.2 cm³/mol. The Balaban J connectivity index is 2.24. The molecule has 0 aliphatic heterocycles. The van der Waals surface area contributed by atoms with E-state index in [0.717, 1.165) is 28.2 Å². The third kappa shape index (κ3) is 1.37. The van der Waals surface area contributed by atoms with Crippen LogP contribution in [0.15, 0.2) is 6.33 Å². The first-order valence-electron chi connectivity index (χ1n) is 5.71. The van der Waals surface area contributed by atoms with Crippen molar-refractivity contribution >= 4 is 11.2 Å². The fraction of sp³-hybridized carbons (Fsp3) is 0.500. The van der Waals surface area contributed by atoms with Crippen LogP contribution in [0.4, 0.5) is 0 Å². The van der Waals surface area contributed by atoms with E-state index in [1.165, 1.54) is 19.3 Å². The van der Waals surface area contributed by atoms with Crippen molar-refractivity contribution < 1.29 is 0 Å². The van der Waals surface area contributed by atoms with Crippen LogP contribution in [0.5, 0.6) is 0 Å². The highest BCUT2D eigenvalue weighted by Gasteiger charge is 2.24. The summed E-state index contributed by atoms with van der Waals surface area (Å²) < 4.78 is 0. The fourth-order valence-electron chi connectivity index (χ4n) is 2.04. The van der Waals surface area contributed by atoms with Crippen molar-refractivity contribution in [3.63, 3.8) is 0 Å². The molecule has 2 heterocycles. The standard InChI is InChI=1S/C12H14N4/c1-7-8(2)16-12-11(15-7)10(13-6-14-12)9-4-3-5-9/h6,9H,3-5H2,1-2H3. The fourth-order valence-corrected chi connectivity index (χ4v) is 2.04. The lowest BCUT2D eigenvalue weighted by Crippen LogP contribution is -2.12. The molecule has 0 unspecified atom stereocenters.